The maximum Gasteiger partial charge on any atom is 0.408 e. The topological polar surface area (TPSA) is 79.5 Å². The van der Waals surface area contributed by atoms with Gasteiger partial charge in [-0.2, -0.15) is 0 Å². The molecule has 1 rings (SSSR count). The van der Waals surface area contributed by atoms with Crippen molar-refractivity contribution >= 4 is 12.0 Å². The highest BCUT2D eigenvalue weighted by atomic mass is 16.6. The molecule has 0 heterocycles. The first-order chi connectivity index (χ1) is 9.81. The Hall–Kier alpha value is -2.08. The second kappa shape index (κ2) is 7.64. The second-order valence-electron chi connectivity index (χ2n) is 5.63. The highest BCUT2D eigenvalue weighted by Crippen LogP contribution is 2.08. The largest absolute Gasteiger partial charge is 0.444 e. The first-order valence-corrected chi connectivity index (χ1v) is 6.82. The number of hydrazine groups is 1. The molecule has 3 N–H and O–H groups in total. The Balaban J connectivity index is 2.73. The summed E-state index contributed by atoms with van der Waals surface area (Å²) in [6, 6.07) is 8.75. The number of hydrogen-bond donors (Lipinski definition) is 3. The molecule has 0 fully saturated rings. The number of carbonyl (C=O) groups excluding carboxylic acids is 2. The lowest BCUT2D eigenvalue weighted by Crippen LogP contribution is -2.51. The third-order valence-electron chi connectivity index (χ3n) is 2.54. The Kier molecular flexibility index (Phi) is 6.17. The van der Waals surface area contributed by atoms with E-state index in [0.717, 1.165) is 5.56 Å². The number of carbonyl (C=O) groups is 2. The number of hydrogen-bond acceptors (Lipinski definition) is 4. The predicted octanol–water partition coefficient (Wildman–Crippen LogP) is 1.37. The fraction of sp³-hybridized carbons (Fsp3) is 0.467. The van der Waals surface area contributed by atoms with E-state index in [1.165, 1.54) is 0 Å². The van der Waals surface area contributed by atoms with Gasteiger partial charge in [0.2, 0.25) is 0 Å². The molecule has 0 aromatic heterocycles. The molecule has 0 radical (unpaired) electrons. The van der Waals surface area contributed by atoms with E-state index >= 15 is 0 Å². The van der Waals surface area contributed by atoms with Crippen LogP contribution >= 0.6 is 0 Å². The highest BCUT2D eigenvalue weighted by Gasteiger charge is 2.24. The molecule has 0 bridgehead atoms. The Morgan fingerprint density at radius 1 is 1.19 bits per heavy atom. The zero-order chi connectivity index (χ0) is 15.9. The first kappa shape index (κ1) is 17.0. The summed E-state index contributed by atoms with van der Waals surface area (Å²) in [5.74, 6) is -0.327. The van der Waals surface area contributed by atoms with E-state index in [2.05, 4.69) is 16.2 Å². The molecule has 6 nitrogen and oxygen atoms in total. The monoisotopic (exact) mass is 293 g/mol. The van der Waals surface area contributed by atoms with Gasteiger partial charge in [-0.05, 0) is 26.3 Å². The Bertz CT molecular complexity index is 469. The van der Waals surface area contributed by atoms with Gasteiger partial charge in [-0.3, -0.25) is 10.2 Å². The minimum atomic E-state index is -0.713. The van der Waals surface area contributed by atoms with E-state index < -0.39 is 17.7 Å². The van der Waals surface area contributed by atoms with Crippen LogP contribution in [0.5, 0.6) is 0 Å². The molecule has 0 aliphatic rings. The van der Waals surface area contributed by atoms with Crippen LogP contribution in [0.25, 0.3) is 0 Å². The molecule has 0 aliphatic carbocycles. The van der Waals surface area contributed by atoms with Gasteiger partial charge in [-0.15, -0.1) is 0 Å². The molecule has 0 saturated heterocycles. The lowest BCUT2D eigenvalue weighted by atomic mass is 10.1. The maximum absolute atomic E-state index is 12.0. The summed E-state index contributed by atoms with van der Waals surface area (Å²) in [5.41, 5.74) is 5.38. The van der Waals surface area contributed by atoms with Crippen molar-refractivity contribution in [3.63, 3.8) is 0 Å². The van der Waals surface area contributed by atoms with Gasteiger partial charge in [0.25, 0.3) is 5.91 Å². The van der Waals surface area contributed by atoms with Crippen LogP contribution in [0.15, 0.2) is 30.3 Å². The number of alkyl carbamates (subject to hydrolysis) is 1. The van der Waals surface area contributed by atoms with E-state index in [1.54, 1.807) is 27.8 Å². The van der Waals surface area contributed by atoms with Gasteiger partial charge in [0.05, 0.1) is 0 Å². The summed E-state index contributed by atoms with van der Waals surface area (Å²) in [7, 11) is 1.59. The van der Waals surface area contributed by atoms with E-state index in [4.69, 9.17) is 4.74 Å². The van der Waals surface area contributed by atoms with Gasteiger partial charge in [0.15, 0.2) is 0 Å². The number of benzene rings is 1. The van der Waals surface area contributed by atoms with Crippen LogP contribution in [0.1, 0.15) is 26.3 Å². The molecule has 1 aromatic carbocycles. The Morgan fingerprint density at radius 2 is 1.81 bits per heavy atom. The SMILES string of the molecule is CNNC(=O)[C@H](Cc1ccccc1)NC(=O)OC(C)(C)C. The van der Waals surface area contributed by atoms with Crippen LogP contribution < -0.4 is 16.2 Å². The average Bonchev–Trinajstić information content (AvgIpc) is 2.37. The summed E-state index contributed by atoms with van der Waals surface area (Å²) in [6.07, 6.45) is -0.233. The zero-order valence-corrected chi connectivity index (χ0v) is 12.9. The minimum absolute atomic E-state index is 0.327. The van der Waals surface area contributed by atoms with E-state index in [0.29, 0.717) is 6.42 Å². The summed E-state index contributed by atoms with van der Waals surface area (Å²) in [6.45, 7) is 5.31. The Morgan fingerprint density at radius 3 is 2.33 bits per heavy atom. The van der Waals surface area contributed by atoms with Crippen molar-refractivity contribution in [3.8, 4) is 0 Å². The van der Waals surface area contributed by atoms with Crippen molar-refractivity contribution in [3.05, 3.63) is 35.9 Å². The van der Waals surface area contributed by atoms with Gasteiger partial charge >= 0.3 is 6.09 Å². The van der Waals surface area contributed by atoms with Gasteiger partial charge in [0, 0.05) is 13.5 Å². The lowest BCUT2D eigenvalue weighted by Gasteiger charge is -2.23. The first-order valence-electron chi connectivity index (χ1n) is 6.82. The normalized spacial score (nSPS) is 12.4. The fourth-order valence-corrected chi connectivity index (χ4v) is 1.72. The third-order valence-corrected chi connectivity index (χ3v) is 2.54. The highest BCUT2D eigenvalue weighted by molar-refractivity contribution is 5.85. The fourth-order valence-electron chi connectivity index (χ4n) is 1.72. The lowest BCUT2D eigenvalue weighted by molar-refractivity contribution is -0.124. The van der Waals surface area contributed by atoms with Gasteiger partial charge < -0.3 is 10.1 Å². The summed E-state index contributed by atoms with van der Waals surface area (Å²) in [4.78, 5) is 23.8. The van der Waals surface area contributed by atoms with Crippen molar-refractivity contribution < 1.29 is 14.3 Å². The van der Waals surface area contributed by atoms with E-state index in [1.807, 2.05) is 30.3 Å². The third kappa shape index (κ3) is 6.76. The zero-order valence-electron chi connectivity index (χ0n) is 12.9. The predicted molar refractivity (Wildman–Crippen MR) is 80.5 cm³/mol. The van der Waals surface area contributed by atoms with Crippen molar-refractivity contribution in [1.29, 1.82) is 0 Å². The molecule has 116 valence electrons. The van der Waals surface area contributed by atoms with Gasteiger partial charge in [-0.25, -0.2) is 10.2 Å². The van der Waals surface area contributed by atoms with Gasteiger partial charge in [0.1, 0.15) is 11.6 Å². The molecule has 2 amide bonds. The minimum Gasteiger partial charge on any atom is -0.444 e. The standard InChI is InChI=1S/C15H23N3O3/c1-15(2,3)21-14(20)17-12(13(19)18-16-4)10-11-8-6-5-7-9-11/h5-9,12,16H,10H2,1-4H3,(H,17,20)(H,18,19)/t12-/m0/s1. The van der Waals surface area contributed by atoms with Crippen LogP contribution in [-0.2, 0) is 16.0 Å². The van der Waals surface area contributed by atoms with Crippen molar-refractivity contribution in [2.24, 2.45) is 0 Å². The van der Waals surface area contributed by atoms with Gasteiger partial charge in [-0.1, -0.05) is 30.3 Å². The number of amides is 2. The Labute approximate surface area is 125 Å². The van der Waals surface area contributed by atoms with E-state index in [-0.39, 0.29) is 5.91 Å². The molecular weight excluding hydrogens is 270 g/mol. The molecule has 0 unspecified atom stereocenters. The summed E-state index contributed by atoms with van der Waals surface area (Å²) in [5, 5.41) is 2.59. The van der Waals surface area contributed by atoms with E-state index in [9.17, 15) is 9.59 Å². The number of ether oxygens (including phenoxy) is 1. The molecule has 1 atom stereocenters. The van der Waals surface area contributed by atoms with Crippen LogP contribution in [-0.4, -0.2) is 30.7 Å². The number of rotatable bonds is 5. The molecule has 0 aliphatic heterocycles. The molecular formula is C15H23N3O3. The molecule has 21 heavy (non-hydrogen) atoms. The van der Waals surface area contributed by atoms with Crippen LogP contribution in [0.4, 0.5) is 4.79 Å². The quantitative estimate of drug-likeness (QED) is 0.716. The summed E-state index contributed by atoms with van der Waals surface area (Å²) < 4.78 is 5.18. The van der Waals surface area contributed by atoms with Crippen LogP contribution in [0, 0.1) is 0 Å². The van der Waals surface area contributed by atoms with Crippen molar-refractivity contribution in [1.82, 2.24) is 16.2 Å². The maximum atomic E-state index is 12.0. The van der Waals surface area contributed by atoms with Crippen molar-refractivity contribution in [2.75, 3.05) is 7.05 Å². The number of nitrogens with one attached hydrogen (secondary N) is 3. The molecule has 0 saturated carbocycles. The summed E-state index contributed by atoms with van der Waals surface area (Å²) >= 11 is 0. The molecule has 0 spiro atoms. The average molecular weight is 293 g/mol. The second-order valence-corrected chi connectivity index (χ2v) is 5.63. The van der Waals surface area contributed by atoms with Crippen LogP contribution in [0.2, 0.25) is 0 Å². The molecule has 6 heteroatoms. The smallest absolute Gasteiger partial charge is 0.408 e. The van der Waals surface area contributed by atoms with Crippen molar-refractivity contribution in [2.45, 2.75) is 38.8 Å². The van der Waals surface area contributed by atoms with Crippen LogP contribution in [0.3, 0.4) is 0 Å². The molecule has 1 aromatic rings.